The number of aryl methyl sites for hydroxylation is 1. The molecule has 9 heteroatoms. The summed E-state index contributed by atoms with van der Waals surface area (Å²) < 4.78 is 41.1. The van der Waals surface area contributed by atoms with Crippen LogP contribution in [0.3, 0.4) is 0 Å². The highest BCUT2D eigenvalue weighted by Gasteiger charge is 2.34. The highest BCUT2D eigenvalue weighted by molar-refractivity contribution is 8.16. The number of carbonyl (C=O) groups excluding carboxylic acids is 1. The van der Waals surface area contributed by atoms with Gasteiger partial charge >= 0.3 is 6.18 Å². The summed E-state index contributed by atoms with van der Waals surface area (Å²) in [5, 5.41) is 10.7. The largest absolute Gasteiger partial charge is 0.416 e. The van der Waals surface area contributed by atoms with E-state index in [1.807, 2.05) is 12.3 Å². The zero-order chi connectivity index (χ0) is 21.8. The molecule has 1 N–H and O–H groups in total. The topological polar surface area (TPSA) is 61.5 Å². The molecule has 0 aliphatic carbocycles. The smallest absolute Gasteiger partial charge is 0.318 e. The number of benzene rings is 1. The summed E-state index contributed by atoms with van der Waals surface area (Å²) >= 11 is 1.29. The van der Waals surface area contributed by atoms with E-state index in [1.54, 1.807) is 41.5 Å². The molecule has 1 aromatic carbocycles. The number of nitrogens with zero attached hydrogens (tertiary/aromatic N) is 3. The van der Waals surface area contributed by atoms with Crippen LogP contribution in [0.15, 0.2) is 52.0 Å². The molecule has 2 aliphatic rings. The van der Waals surface area contributed by atoms with Crippen molar-refractivity contribution in [2.24, 2.45) is 4.99 Å². The summed E-state index contributed by atoms with van der Waals surface area (Å²) in [6.45, 7) is 5.38. The minimum Gasteiger partial charge on any atom is -0.318 e. The van der Waals surface area contributed by atoms with Crippen molar-refractivity contribution in [3.05, 3.63) is 69.5 Å². The Labute approximate surface area is 175 Å². The molecule has 0 spiro atoms. The minimum absolute atomic E-state index is 0.0348. The Kier molecular flexibility index (Phi) is 4.73. The lowest BCUT2D eigenvalue weighted by molar-refractivity contribution is -0.137. The second-order valence-electron chi connectivity index (χ2n) is 7.03. The Morgan fingerprint density at radius 1 is 1.17 bits per heavy atom. The first-order chi connectivity index (χ1) is 14.1. The van der Waals surface area contributed by atoms with Gasteiger partial charge in [-0.15, -0.1) is 0 Å². The number of allylic oxidation sites excluding steroid dienone is 1. The Morgan fingerprint density at radius 3 is 2.60 bits per heavy atom. The van der Waals surface area contributed by atoms with E-state index in [9.17, 15) is 18.0 Å². The summed E-state index contributed by atoms with van der Waals surface area (Å²) in [6.07, 6.45) is -2.86. The lowest BCUT2D eigenvalue weighted by Gasteiger charge is -2.25. The van der Waals surface area contributed by atoms with Gasteiger partial charge in [-0.25, -0.2) is 0 Å². The maximum atomic E-state index is 13.1. The fourth-order valence-corrected chi connectivity index (χ4v) is 4.41. The zero-order valence-electron chi connectivity index (χ0n) is 16.3. The van der Waals surface area contributed by atoms with Crippen LogP contribution in [-0.4, -0.2) is 26.4 Å². The van der Waals surface area contributed by atoms with Crippen molar-refractivity contribution in [3.8, 4) is 5.69 Å². The summed E-state index contributed by atoms with van der Waals surface area (Å²) in [7, 11) is 0. The highest BCUT2D eigenvalue weighted by atomic mass is 32.2. The van der Waals surface area contributed by atoms with Crippen LogP contribution in [0.2, 0.25) is 0 Å². The number of aliphatic imine (C=N–C) groups is 1. The van der Waals surface area contributed by atoms with Gasteiger partial charge in [-0.3, -0.25) is 15.1 Å². The highest BCUT2D eigenvalue weighted by Crippen LogP contribution is 2.34. The van der Waals surface area contributed by atoms with Crippen LogP contribution < -0.4 is 0 Å². The predicted octanol–water partition coefficient (Wildman–Crippen LogP) is 5.28. The Hall–Kier alpha value is -3.07. The van der Waals surface area contributed by atoms with E-state index in [4.69, 9.17) is 5.41 Å². The molecule has 0 fully saturated rings. The third kappa shape index (κ3) is 3.28. The van der Waals surface area contributed by atoms with Gasteiger partial charge in [0.25, 0.3) is 5.91 Å². The van der Waals surface area contributed by atoms with Gasteiger partial charge in [0.2, 0.25) is 0 Å². The van der Waals surface area contributed by atoms with E-state index in [2.05, 4.69) is 4.99 Å². The van der Waals surface area contributed by atoms with Gasteiger partial charge in [0.15, 0.2) is 5.17 Å². The van der Waals surface area contributed by atoms with E-state index in [1.165, 1.54) is 17.8 Å². The average Bonchev–Trinajstić information content (AvgIpc) is 3.17. The fourth-order valence-electron chi connectivity index (χ4n) is 3.55. The number of fused-ring (bicyclic) bond motifs is 1. The number of carbonyl (C=O) groups is 1. The standard InChI is InChI=1S/C21H17F3N4OS/c1-11-7-14(8-17-18(25)28-12(2)10-30-20(28)26-19(17)29)13(3)27(11)16-6-4-5-15(9-16)21(22,23)24/h4-10,25H,1-3H3. The average molecular weight is 430 g/mol. The molecular formula is C21H17F3N4OS. The van der Waals surface area contributed by atoms with Gasteiger partial charge in [-0.05, 0) is 62.1 Å². The Morgan fingerprint density at radius 2 is 1.90 bits per heavy atom. The molecule has 0 saturated heterocycles. The number of nitrogens with one attached hydrogen (secondary N) is 1. The van der Waals surface area contributed by atoms with E-state index >= 15 is 0 Å². The monoisotopic (exact) mass is 430 g/mol. The number of amidine groups is 2. The van der Waals surface area contributed by atoms with Crippen LogP contribution in [0, 0.1) is 19.3 Å². The van der Waals surface area contributed by atoms with Crippen LogP contribution in [0.25, 0.3) is 11.8 Å². The van der Waals surface area contributed by atoms with Gasteiger partial charge < -0.3 is 4.57 Å². The molecule has 2 aromatic rings. The van der Waals surface area contributed by atoms with Gasteiger partial charge in [0, 0.05) is 22.8 Å². The molecule has 30 heavy (non-hydrogen) atoms. The Bertz CT molecular complexity index is 1190. The van der Waals surface area contributed by atoms with Crippen molar-refractivity contribution < 1.29 is 18.0 Å². The third-order valence-electron chi connectivity index (χ3n) is 4.99. The van der Waals surface area contributed by atoms with Crippen molar-refractivity contribution in [2.45, 2.75) is 26.9 Å². The SMILES string of the molecule is CC1=CSC2=NC(=O)C(=Cc3cc(C)n(-c4cccc(C(F)(F)F)c4)c3C)C(=N)N12. The van der Waals surface area contributed by atoms with Crippen molar-refractivity contribution in [1.82, 2.24) is 9.47 Å². The summed E-state index contributed by atoms with van der Waals surface area (Å²) in [4.78, 5) is 18.1. The first-order valence-electron chi connectivity index (χ1n) is 9.01. The van der Waals surface area contributed by atoms with Crippen molar-refractivity contribution >= 4 is 34.7 Å². The second kappa shape index (κ2) is 7.02. The van der Waals surface area contributed by atoms with Crippen LogP contribution in [0.5, 0.6) is 0 Å². The number of hydrogen-bond acceptors (Lipinski definition) is 3. The number of halogens is 3. The van der Waals surface area contributed by atoms with Gasteiger partial charge in [0.1, 0.15) is 5.84 Å². The summed E-state index contributed by atoms with van der Waals surface area (Å²) in [6, 6.07) is 6.88. The number of rotatable bonds is 2. The van der Waals surface area contributed by atoms with Crippen molar-refractivity contribution in [3.63, 3.8) is 0 Å². The maximum Gasteiger partial charge on any atom is 0.416 e. The summed E-state index contributed by atoms with van der Waals surface area (Å²) in [5.74, 6) is -0.474. The number of aromatic nitrogens is 1. The molecule has 2 aliphatic heterocycles. The quantitative estimate of drug-likeness (QED) is 0.660. The van der Waals surface area contributed by atoms with E-state index < -0.39 is 17.6 Å². The molecule has 0 saturated carbocycles. The first-order valence-corrected chi connectivity index (χ1v) is 9.89. The molecule has 1 amide bonds. The molecule has 1 aromatic heterocycles. The lowest BCUT2D eigenvalue weighted by atomic mass is 10.1. The molecular weight excluding hydrogens is 413 g/mol. The molecule has 0 unspecified atom stereocenters. The van der Waals surface area contributed by atoms with Gasteiger partial charge in [-0.1, -0.05) is 17.8 Å². The molecule has 0 atom stereocenters. The van der Waals surface area contributed by atoms with Gasteiger partial charge in [0.05, 0.1) is 11.1 Å². The van der Waals surface area contributed by atoms with Crippen molar-refractivity contribution in [2.75, 3.05) is 0 Å². The lowest BCUT2D eigenvalue weighted by Crippen LogP contribution is -2.37. The molecule has 3 heterocycles. The van der Waals surface area contributed by atoms with Crippen LogP contribution in [0.4, 0.5) is 13.2 Å². The molecule has 154 valence electrons. The van der Waals surface area contributed by atoms with Crippen LogP contribution in [0.1, 0.15) is 29.4 Å². The second-order valence-corrected chi connectivity index (χ2v) is 7.87. The van der Waals surface area contributed by atoms with E-state index in [0.29, 0.717) is 27.8 Å². The number of alkyl halides is 3. The van der Waals surface area contributed by atoms with Crippen molar-refractivity contribution in [1.29, 1.82) is 5.41 Å². The third-order valence-corrected chi connectivity index (χ3v) is 5.93. The molecule has 0 radical (unpaired) electrons. The zero-order valence-corrected chi connectivity index (χ0v) is 17.1. The first kappa shape index (κ1) is 20.2. The van der Waals surface area contributed by atoms with Crippen LogP contribution in [-0.2, 0) is 11.0 Å². The normalized spacial score (nSPS) is 18.1. The fraction of sp³-hybridized carbons (Fsp3) is 0.190. The van der Waals surface area contributed by atoms with E-state index in [-0.39, 0.29) is 11.4 Å². The Balaban J connectivity index is 1.78. The minimum atomic E-state index is -4.44. The van der Waals surface area contributed by atoms with Crippen LogP contribution >= 0.6 is 11.8 Å². The van der Waals surface area contributed by atoms with Gasteiger partial charge in [-0.2, -0.15) is 18.2 Å². The number of thioether (sulfide) groups is 1. The number of hydrogen-bond donors (Lipinski definition) is 1. The molecule has 0 bridgehead atoms. The maximum absolute atomic E-state index is 13.1. The summed E-state index contributed by atoms with van der Waals surface area (Å²) in [5.41, 5.74) is 2.61. The molecule has 4 rings (SSSR count). The molecule has 5 nitrogen and oxygen atoms in total. The predicted molar refractivity (Wildman–Crippen MR) is 112 cm³/mol. The number of amides is 1. The van der Waals surface area contributed by atoms with E-state index in [0.717, 1.165) is 17.8 Å².